The van der Waals surface area contributed by atoms with Crippen molar-refractivity contribution in [2.24, 2.45) is 0 Å². The Balaban J connectivity index is 1.98. The van der Waals surface area contributed by atoms with Crippen LogP contribution in [0.4, 0.5) is 0 Å². The van der Waals surface area contributed by atoms with Crippen LogP contribution in [0.1, 0.15) is 16.1 Å². The molecule has 6 heteroatoms. The van der Waals surface area contributed by atoms with E-state index in [-0.39, 0.29) is 16.5 Å². The Morgan fingerprint density at radius 3 is 2.60 bits per heavy atom. The van der Waals surface area contributed by atoms with Gasteiger partial charge in [-0.05, 0) is 24.3 Å². The normalized spacial score (nSPS) is 13.1. The fourth-order valence-electron chi connectivity index (χ4n) is 1.90. The SMILES string of the molecule is O=C(c1ccc2c(c1)OCCO2)c1ncc(Cl)cc1Cl. The van der Waals surface area contributed by atoms with E-state index in [1.165, 1.54) is 12.3 Å². The van der Waals surface area contributed by atoms with E-state index in [0.717, 1.165) is 0 Å². The Hall–Kier alpha value is -1.78. The van der Waals surface area contributed by atoms with Crippen molar-refractivity contribution in [1.29, 1.82) is 0 Å². The Bertz CT molecular complexity index is 688. The van der Waals surface area contributed by atoms with Crippen LogP contribution in [0.2, 0.25) is 10.0 Å². The molecule has 0 radical (unpaired) electrons. The molecule has 0 bridgehead atoms. The second-order valence-electron chi connectivity index (χ2n) is 4.17. The molecule has 1 aromatic carbocycles. The smallest absolute Gasteiger partial charge is 0.213 e. The third-order valence-electron chi connectivity index (χ3n) is 2.83. The Kier molecular flexibility index (Phi) is 3.51. The van der Waals surface area contributed by atoms with Gasteiger partial charge in [0, 0.05) is 11.8 Å². The number of hydrogen-bond donors (Lipinski definition) is 0. The van der Waals surface area contributed by atoms with Crippen molar-refractivity contribution in [1.82, 2.24) is 4.98 Å². The van der Waals surface area contributed by atoms with Crippen LogP contribution in [0, 0.1) is 0 Å². The van der Waals surface area contributed by atoms with Gasteiger partial charge in [0.2, 0.25) is 5.78 Å². The highest BCUT2D eigenvalue weighted by Gasteiger charge is 2.19. The first-order valence-corrected chi connectivity index (χ1v) is 6.66. The molecule has 20 heavy (non-hydrogen) atoms. The van der Waals surface area contributed by atoms with Crippen molar-refractivity contribution >= 4 is 29.0 Å². The molecule has 2 heterocycles. The summed E-state index contributed by atoms with van der Waals surface area (Å²) in [7, 11) is 0. The molecule has 0 aliphatic carbocycles. The van der Waals surface area contributed by atoms with Gasteiger partial charge in [0.05, 0.1) is 10.0 Å². The number of carbonyl (C=O) groups is 1. The van der Waals surface area contributed by atoms with Gasteiger partial charge < -0.3 is 9.47 Å². The number of pyridine rings is 1. The summed E-state index contributed by atoms with van der Waals surface area (Å²) in [6, 6.07) is 6.47. The quantitative estimate of drug-likeness (QED) is 0.798. The standard InChI is InChI=1S/C14H9Cl2NO3/c15-9-6-10(16)13(17-7-9)14(18)8-1-2-11-12(5-8)20-4-3-19-11/h1-2,5-7H,3-4H2. The highest BCUT2D eigenvalue weighted by molar-refractivity contribution is 6.37. The van der Waals surface area contributed by atoms with Crippen molar-refractivity contribution in [3.05, 3.63) is 51.8 Å². The molecule has 0 amide bonds. The average Bonchev–Trinajstić information content (AvgIpc) is 2.46. The summed E-state index contributed by atoms with van der Waals surface area (Å²) in [6.07, 6.45) is 1.39. The minimum atomic E-state index is -0.288. The summed E-state index contributed by atoms with van der Waals surface area (Å²) in [5.74, 6) is 0.888. The summed E-state index contributed by atoms with van der Waals surface area (Å²) in [4.78, 5) is 16.4. The molecule has 0 saturated carbocycles. The van der Waals surface area contributed by atoms with Crippen molar-refractivity contribution in [2.45, 2.75) is 0 Å². The molecule has 0 N–H and O–H groups in total. The van der Waals surface area contributed by atoms with Crippen molar-refractivity contribution in [2.75, 3.05) is 13.2 Å². The Morgan fingerprint density at radius 1 is 1.10 bits per heavy atom. The largest absolute Gasteiger partial charge is 0.486 e. The number of nitrogens with zero attached hydrogens (tertiary/aromatic N) is 1. The van der Waals surface area contributed by atoms with E-state index in [0.29, 0.717) is 35.3 Å². The number of ether oxygens (including phenoxy) is 2. The maximum Gasteiger partial charge on any atom is 0.213 e. The van der Waals surface area contributed by atoms with Crippen LogP contribution in [0.5, 0.6) is 11.5 Å². The number of rotatable bonds is 2. The lowest BCUT2D eigenvalue weighted by Gasteiger charge is -2.18. The first-order valence-electron chi connectivity index (χ1n) is 5.90. The van der Waals surface area contributed by atoms with Crippen LogP contribution < -0.4 is 9.47 Å². The topological polar surface area (TPSA) is 48.4 Å². The molecule has 0 saturated heterocycles. The van der Waals surface area contributed by atoms with Crippen molar-refractivity contribution < 1.29 is 14.3 Å². The molecule has 3 rings (SSSR count). The molecule has 2 aromatic rings. The second kappa shape index (κ2) is 5.31. The van der Waals surface area contributed by atoms with E-state index in [2.05, 4.69) is 4.98 Å². The van der Waals surface area contributed by atoms with E-state index >= 15 is 0 Å². The summed E-state index contributed by atoms with van der Waals surface area (Å²) in [5.41, 5.74) is 0.596. The van der Waals surface area contributed by atoms with Gasteiger partial charge in [0.1, 0.15) is 18.9 Å². The predicted molar refractivity (Wildman–Crippen MR) is 75.1 cm³/mol. The molecular formula is C14H9Cl2NO3. The van der Waals surface area contributed by atoms with Gasteiger partial charge in [0.15, 0.2) is 11.5 Å². The van der Waals surface area contributed by atoms with Crippen LogP contribution in [0.25, 0.3) is 0 Å². The molecule has 1 aliphatic heterocycles. The molecule has 4 nitrogen and oxygen atoms in total. The number of carbonyl (C=O) groups excluding carboxylic acids is 1. The minimum Gasteiger partial charge on any atom is -0.486 e. The van der Waals surface area contributed by atoms with Crippen molar-refractivity contribution in [3.63, 3.8) is 0 Å². The van der Waals surface area contributed by atoms with Gasteiger partial charge in [-0.2, -0.15) is 0 Å². The van der Waals surface area contributed by atoms with E-state index in [1.807, 2.05) is 0 Å². The number of aromatic nitrogens is 1. The Morgan fingerprint density at radius 2 is 1.85 bits per heavy atom. The highest BCUT2D eigenvalue weighted by Crippen LogP contribution is 2.32. The zero-order chi connectivity index (χ0) is 14.1. The lowest BCUT2D eigenvalue weighted by Crippen LogP contribution is -2.16. The zero-order valence-corrected chi connectivity index (χ0v) is 11.7. The number of ketones is 1. The summed E-state index contributed by atoms with van der Waals surface area (Å²) in [6.45, 7) is 0.968. The van der Waals surface area contributed by atoms with E-state index < -0.39 is 0 Å². The minimum absolute atomic E-state index is 0.160. The van der Waals surface area contributed by atoms with Crippen molar-refractivity contribution in [3.8, 4) is 11.5 Å². The lowest BCUT2D eigenvalue weighted by atomic mass is 10.1. The van der Waals surface area contributed by atoms with Crippen LogP contribution in [0.3, 0.4) is 0 Å². The van der Waals surface area contributed by atoms with Gasteiger partial charge in [-0.1, -0.05) is 23.2 Å². The number of benzene rings is 1. The molecular weight excluding hydrogens is 301 g/mol. The highest BCUT2D eigenvalue weighted by atomic mass is 35.5. The van der Waals surface area contributed by atoms with Gasteiger partial charge in [-0.3, -0.25) is 4.79 Å². The molecule has 0 fully saturated rings. The zero-order valence-electron chi connectivity index (χ0n) is 10.2. The lowest BCUT2D eigenvalue weighted by molar-refractivity contribution is 0.103. The van der Waals surface area contributed by atoms with Crippen LogP contribution in [-0.2, 0) is 0 Å². The van der Waals surface area contributed by atoms with Gasteiger partial charge in [0.25, 0.3) is 0 Å². The second-order valence-corrected chi connectivity index (χ2v) is 5.02. The van der Waals surface area contributed by atoms with Gasteiger partial charge >= 0.3 is 0 Å². The fraction of sp³-hybridized carbons (Fsp3) is 0.143. The monoisotopic (exact) mass is 309 g/mol. The van der Waals surface area contributed by atoms with Crippen LogP contribution in [-0.4, -0.2) is 24.0 Å². The van der Waals surface area contributed by atoms with Crippen LogP contribution in [0.15, 0.2) is 30.5 Å². The molecule has 0 spiro atoms. The number of fused-ring (bicyclic) bond motifs is 1. The third-order valence-corrected chi connectivity index (χ3v) is 3.32. The van der Waals surface area contributed by atoms with Crippen LogP contribution >= 0.6 is 23.2 Å². The van der Waals surface area contributed by atoms with Gasteiger partial charge in [-0.15, -0.1) is 0 Å². The first-order chi connectivity index (χ1) is 9.65. The maximum atomic E-state index is 12.4. The maximum absolute atomic E-state index is 12.4. The first kappa shape index (κ1) is 13.2. The molecule has 0 unspecified atom stereocenters. The summed E-state index contributed by atoms with van der Waals surface area (Å²) < 4.78 is 10.9. The number of hydrogen-bond acceptors (Lipinski definition) is 4. The third kappa shape index (κ3) is 2.44. The average molecular weight is 310 g/mol. The Labute approximate surface area is 125 Å². The number of halogens is 2. The molecule has 102 valence electrons. The summed E-state index contributed by atoms with van der Waals surface area (Å²) in [5, 5.41) is 0.603. The molecule has 1 aliphatic rings. The van der Waals surface area contributed by atoms with E-state index in [1.54, 1.807) is 18.2 Å². The predicted octanol–water partition coefficient (Wildman–Crippen LogP) is 3.39. The van der Waals surface area contributed by atoms with Gasteiger partial charge in [-0.25, -0.2) is 4.98 Å². The van der Waals surface area contributed by atoms with E-state index in [4.69, 9.17) is 32.7 Å². The molecule has 0 atom stereocenters. The summed E-state index contributed by atoms with van der Waals surface area (Å²) >= 11 is 11.8. The fourth-order valence-corrected chi connectivity index (χ4v) is 2.37. The van der Waals surface area contributed by atoms with E-state index in [9.17, 15) is 4.79 Å². The molecule has 1 aromatic heterocycles.